The number of carbonyl (C=O) groups is 3. The summed E-state index contributed by atoms with van der Waals surface area (Å²) >= 11 is 0. The van der Waals surface area contributed by atoms with Crippen molar-refractivity contribution >= 4 is 29.1 Å². The normalized spacial score (nSPS) is 21.3. The average Bonchev–Trinajstić information content (AvgIpc) is 2.88. The lowest BCUT2D eigenvalue weighted by Crippen LogP contribution is -2.32. The molecule has 27 heavy (non-hydrogen) atoms. The van der Waals surface area contributed by atoms with Gasteiger partial charge < -0.3 is 5.32 Å². The fourth-order valence-corrected chi connectivity index (χ4v) is 3.56. The van der Waals surface area contributed by atoms with Crippen molar-refractivity contribution in [1.29, 1.82) is 0 Å². The van der Waals surface area contributed by atoms with E-state index in [-0.39, 0.29) is 48.2 Å². The first kappa shape index (κ1) is 18.8. The van der Waals surface area contributed by atoms with Gasteiger partial charge in [0.2, 0.25) is 17.7 Å². The van der Waals surface area contributed by atoms with Crippen molar-refractivity contribution in [2.24, 2.45) is 11.8 Å². The predicted molar refractivity (Wildman–Crippen MR) is 97.8 cm³/mol. The number of nitro groups is 1. The number of nitro benzene ring substituents is 1. The fraction of sp³-hybridized carbons (Fsp3) is 0.421. The summed E-state index contributed by atoms with van der Waals surface area (Å²) in [6, 6.07) is 4.27. The summed E-state index contributed by atoms with van der Waals surface area (Å²) in [7, 11) is 0. The Balaban J connectivity index is 1.53. The predicted octanol–water partition coefficient (Wildman–Crippen LogP) is 2.57. The van der Waals surface area contributed by atoms with Crippen molar-refractivity contribution in [1.82, 2.24) is 4.90 Å². The molecule has 142 valence electrons. The number of fused-ring (bicyclic) bond motifs is 1. The molecule has 1 fully saturated rings. The standard InChI is InChI=1S/C19H21N3O5/c1-12-8-9-13(22(26)27)11-16(12)20-17(23)7-4-10-21-18(24)14-5-2-3-6-15(14)19(21)25/h2-3,8-9,11,14-15H,4-7,10H2,1H3,(H,20,23)/t14-,15+. The molecule has 0 bridgehead atoms. The van der Waals surface area contributed by atoms with Crippen molar-refractivity contribution in [3.05, 3.63) is 46.0 Å². The number of allylic oxidation sites excluding steroid dienone is 2. The molecule has 8 heteroatoms. The molecular weight excluding hydrogens is 350 g/mol. The molecule has 1 N–H and O–H groups in total. The zero-order valence-electron chi connectivity index (χ0n) is 15.0. The number of amides is 3. The molecule has 0 unspecified atom stereocenters. The minimum atomic E-state index is -0.520. The van der Waals surface area contributed by atoms with Crippen LogP contribution in [-0.2, 0) is 14.4 Å². The van der Waals surface area contributed by atoms with E-state index in [4.69, 9.17) is 0 Å². The van der Waals surface area contributed by atoms with Crippen molar-refractivity contribution in [2.45, 2.75) is 32.6 Å². The lowest BCUT2D eigenvalue weighted by molar-refractivity contribution is -0.384. The first-order valence-electron chi connectivity index (χ1n) is 8.93. The van der Waals surface area contributed by atoms with Gasteiger partial charge in [-0.05, 0) is 31.7 Å². The molecule has 0 aromatic heterocycles. The van der Waals surface area contributed by atoms with Crippen LogP contribution in [0.15, 0.2) is 30.4 Å². The van der Waals surface area contributed by atoms with Crippen LogP contribution >= 0.6 is 0 Å². The van der Waals surface area contributed by atoms with Gasteiger partial charge in [0.25, 0.3) is 5.69 Å². The SMILES string of the molecule is Cc1ccc([N+](=O)[O-])cc1NC(=O)CCCN1C(=O)[C@H]2CC=CC[C@H]2C1=O. The van der Waals surface area contributed by atoms with Crippen LogP contribution in [0.4, 0.5) is 11.4 Å². The van der Waals surface area contributed by atoms with Gasteiger partial charge in [0.1, 0.15) is 0 Å². The Morgan fingerprint density at radius 1 is 1.22 bits per heavy atom. The average molecular weight is 371 g/mol. The number of rotatable bonds is 6. The van der Waals surface area contributed by atoms with E-state index < -0.39 is 4.92 Å². The summed E-state index contributed by atoms with van der Waals surface area (Å²) in [5, 5.41) is 13.5. The molecular formula is C19H21N3O5. The van der Waals surface area contributed by atoms with Crippen LogP contribution in [0.25, 0.3) is 0 Å². The number of anilines is 1. The first-order valence-corrected chi connectivity index (χ1v) is 8.93. The number of likely N-dealkylation sites (tertiary alicyclic amines) is 1. The smallest absolute Gasteiger partial charge is 0.271 e. The summed E-state index contributed by atoms with van der Waals surface area (Å²) in [6.45, 7) is 1.96. The number of benzene rings is 1. The Labute approximate surface area is 156 Å². The Morgan fingerprint density at radius 2 is 1.85 bits per heavy atom. The van der Waals surface area contributed by atoms with Crippen LogP contribution < -0.4 is 5.32 Å². The Bertz CT molecular complexity index is 807. The maximum Gasteiger partial charge on any atom is 0.271 e. The van der Waals surface area contributed by atoms with E-state index in [1.807, 2.05) is 12.2 Å². The Hall–Kier alpha value is -3.03. The maximum atomic E-state index is 12.4. The summed E-state index contributed by atoms with van der Waals surface area (Å²) in [5.41, 5.74) is 1.01. The lowest BCUT2D eigenvalue weighted by Gasteiger charge is -2.14. The van der Waals surface area contributed by atoms with Crippen LogP contribution in [0, 0.1) is 28.9 Å². The fourth-order valence-electron chi connectivity index (χ4n) is 3.56. The molecule has 1 aromatic rings. The number of imide groups is 1. The molecule has 3 rings (SSSR count). The van der Waals surface area contributed by atoms with Crippen LogP contribution in [0.5, 0.6) is 0 Å². The van der Waals surface area contributed by atoms with Gasteiger partial charge in [-0.2, -0.15) is 0 Å². The summed E-state index contributed by atoms with van der Waals surface area (Å²) in [4.78, 5) is 48.5. The molecule has 8 nitrogen and oxygen atoms in total. The molecule has 2 atom stereocenters. The minimum absolute atomic E-state index is 0.0969. The van der Waals surface area contributed by atoms with Crippen molar-refractivity contribution in [2.75, 3.05) is 11.9 Å². The van der Waals surface area contributed by atoms with E-state index in [2.05, 4.69) is 5.32 Å². The highest BCUT2D eigenvalue weighted by atomic mass is 16.6. The summed E-state index contributed by atoms with van der Waals surface area (Å²) < 4.78 is 0. The second-order valence-electron chi connectivity index (χ2n) is 6.89. The van der Waals surface area contributed by atoms with Gasteiger partial charge in [-0.3, -0.25) is 29.4 Å². The molecule has 1 aromatic carbocycles. The third-order valence-corrected chi connectivity index (χ3v) is 5.09. The molecule has 1 heterocycles. The second kappa shape index (κ2) is 7.69. The highest BCUT2D eigenvalue weighted by Crippen LogP contribution is 2.35. The van der Waals surface area contributed by atoms with Crippen LogP contribution in [-0.4, -0.2) is 34.1 Å². The third kappa shape index (κ3) is 3.89. The van der Waals surface area contributed by atoms with Crippen molar-refractivity contribution < 1.29 is 19.3 Å². The molecule has 1 aliphatic carbocycles. The quantitative estimate of drug-likeness (QED) is 0.358. The zero-order valence-corrected chi connectivity index (χ0v) is 15.0. The van der Waals surface area contributed by atoms with E-state index in [1.165, 1.54) is 17.0 Å². The molecule has 3 amide bonds. The Morgan fingerprint density at radius 3 is 2.44 bits per heavy atom. The summed E-state index contributed by atoms with van der Waals surface area (Å²) in [6.07, 6.45) is 5.53. The van der Waals surface area contributed by atoms with Gasteiger partial charge in [0.05, 0.1) is 22.4 Å². The van der Waals surface area contributed by atoms with Crippen LogP contribution in [0.1, 0.15) is 31.2 Å². The second-order valence-corrected chi connectivity index (χ2v) is 6.89. The Kier molecular flexibility index (Phi) is 5.34. The lowest BCUT2D eigenvalue weighted by atomic mass is 9.85. The van der Waals surface area contributed by atoms with Crippen LogP contribution in [0.2, 0.25) is 0 Å². The largest absolute Gasteiger partial charge is 0.326 e. The number of hydrogen-bond donors (Lipinski definition) is 1. The van der Waals surface area contributed by atoms with E-state index in [1.54, 1.807) is 13.0 Å². The topological polar surface area (TPSA) is 110 Å². The first-order chi connectivity index (χ1) is 12.9. The molecule has 0 spiro atoms. The molecule has 1 aliphatic heterocycles. The van der Waals surface area contributed by atoms with Gasteiger partial charge >= 0.3 is 0 Å². The highest BCUT2D eigenvalue weighted by molar-refractivity contribution is 6.05. The third-order valence-electron chi connectivity index (χ3n) is 5.09. The van der Waals surface area contributed by atoms with E-state index in [0.717, 1.165) is 5.56 Å². The van der Waals surface area contributed by atoms with Gasteiger partial charge in [-0.1, -0.05) is 18.2 Å². The summed E-state index contributed by atoms with van der Waals surface area (Å²) in [5.74, 6) is -1.13. The molecule has 0 saturated carbocycles. The molecule has 0 radical (unpaired) electrons. The number of carbonyl (C=O) groups excluding carboxylic acids is 3. The van der Waals surface area contributed by atoms with Crippen LogP contribution in [0.3, 0.4) is 0 Å². The van der Waals surface area contributed by atoms with E-state index >= 15 is 0 Å². The molecule has 1 saturated heterocycles. The van der Waals surface area contributed by atoms with E-state index in [0.29, 0.717) is 24.9 Å². The molecule has 2 aliphatic rings. The van der Waals surface area contributed by atoms with Crippen molar-refractivity contribution in [3.63, 3.8) is 0 Å². The number of nitrogens with one attached hydrogen (secondary N) is 1. The van der Waals surface area contributed by atoms with Gasteiger partial charge in [0.15, 0.2) is 0 Å². The minimum Gasteiger partial charge on any atom is -0.326 e. The zero-order chi connectivity index (χ0) is 19.6. The van der Waals surface area contributed by atoms with Crippen molar-refractivity contribution in [3.8, 4) is 0 Å². The van der Waals surface area contributed by atoms with E-state index in [9.17, 15) is 24.5 Å². The van der Waals surface area contributed by atoms with Gasteiger partial charge in [-0.15, -0.1) is 0 Å². The monoisotopic (exact) mass is 371 g/mol. The maximum absolute atomic E-state index is 12.4. The van der Waals surface area contributed by atoms with Gasteiger partial charge in [-0.25, -0.2) is 0 Å². The number of hydrogen-bond acceptors (Lipinski definition) is 5. The number of nitrogens with zero attached hydrogens (tertiary/aromatic N) is 2. The number of non-ortho nitro benzene ring substituents is 1. The highest BCUT2D eigenvalue weighted by Gasteiger charge is 2.46. The number of aryl methyl sites for hydroxylation is 1. The van der Waals surface area contributed by atoms with Gasteiger partial charge in [0, 0.05) is 25.1 Å².